The Morgan fingerprint density at radius 3 is 2.61 bits per heavy atom. The van der Waals surface area contributed by atoms with E-state index in [1.54, 1.807) is 13.8 Å². The molecule has 2 heterocycles. The first-order chi connectivity index (χ1) is 13.0. The van der Waals surface area contributed by atoms with E-state index >= 15 is 0 Å². The number of fused-ring (bicyclic) bond motifs is 1. The zero-order valence-electron chi connectivity index (χ0n) is 15.8. The van der Waals surface area contributed by atoms with Gasteiger partial charge in [0.15, 0.2) is 5.84 Å². The average molecular weight is 428 g/mol. The van der Waals surface area contributed by atoms with Crippen molar-refractivity contribution >= 4 is 35.0 Å². The molecule has 0 saturated carbocycles. The Hall–Kier alpha value is -2.23. The van der Waals surface area contributed by atoms with Crippen LogP contribution in [0, 0.1) is 0 Å². The van der Waals surface area contributed by atoms with Crippen molar-refractivity contribution in [1.82, 2.24) is 9.62 Å². The van der Waals surface area contributed by atoms with Gasteiger partial charge in [0, 0.05) is 12.7 Å². The summed E-state index contributed by atoms with van der Waals surface area (Å²) in [7, 11) is -5.77. The van der Waals surface area contributed by atoms with E-state index in [2.05, 4.69) is 14.5 Å². The van der Waals surface area contributed by atoms with Crippen LogP contribution in [0.3, 0.4) is 0 Å². The van der Waals surface area contributed by atoms with Gasteiger partial charge in [-0.25, -0.2) is 13.4 Å². The van der Waals surface area contributed by atoms with Crippen molar-refractivity contribution in [1.29, 1.82) is 0 Å². The Bertz CT molecular complexity index is 1040. The van der Waals surface area contributed by atoms with Crippen molar-refractivity contribution in [2.75, 3.05) is 19.9 Å². The SMILES string of the molecule is CCOP1(=O)N=C(C2=C(O)C(C)N(C)C2=O)N=C2C=CC(NS(C)(=O)=O)=CC21. The number of rotatable bonds is 5. The Morgan fingerprint density at radius 1 is 1.39 bits per heavy atom. The summed E-state index contributed by atoms with van der Waals surface area (Å²) in [6, 6.07) is -0.554. The highest BCUT2D eigenvalue weighted by Crippen LogP contribution is 2.57. The van der Waals surface area contributed by atoms with Crippen molar-refractivity contribution < 1.29 is 27.4 Å². The van der Waals surface area contributed by atoms with Crippen LogP contribution in [0.1, 0.15) is 13.8 Å². The van der Waals surface area contributed by atoms with Gasteiger partial charge in [-0.1, -0.05) is 0 Å². The van der Waals surface area contributed by atoms with E-state index in [0.717, 1.165) is 6.26 Å². The molecule has 1 amide bonds. The van der Waals surface area contributed by atoms with Crippen LogP contribution in [0.5, 0.6) is 0 Å². The highest BCUT2D eigenvalue weighted by atomic mass is 32.2. The number of carbonyl (C=O) groups excluding carboxylic acids is 1. The third kappa shape index (κ3) is 3.57. The molecular weight excluding hydrogens is 407 g/mol. The fourth-order valence-corrected chi connectivity index (χ4v) is 5.55. The summed E-state index contributed by atoms with van der Waals surface area (Å²) >= 11 is 0. The van der Waals surface area contributed by atoms with Crippen molar-refractivity contribution in [2.45, 2.75) is 25.5 Å². The highest BCUT2D eigenvalue weighted by molar-refractivity contribution is 7.88. The summed E-state index contributed by atoms with van der Waals surface area (Å²) in [6.07, 6.45) is 5.39. The van der Waals surface area contributed by atoms with Crippen molar-refractivity contribution in [2.24, 2.45) is 9.76 Å². The van der Waals surface area contributed by atoms with Crippen LogP contribution in [0.15, 0.2) is 45.0 Å². The number of likely N-dealkylation sites (N-methyl/N-ethyl adjacent to an activating group) is 1. The first-order valence-electron chi connectivity index (χ1n) is 8.48. The number of nitrogens with zero attached hydrogens (tertiary/aromatic N) is 3. The van der Waals surface area contributed by atoms with Gasteiger partial charge < -0.3 is 14.5 Å². The van der Waals surface area contributed by atoms with E-state index in [1.807, 2.05) is 0 Å². The standard InChI is InChI=1S/C16H21N4O6PS/c1-5-26-27(23)12-8-10(19-28(4,24)25)6-7-11(12)17-15(18-27)13-14(21)9(2)20(3)16(13)22/h6-9,12,19,21H,5H2,1-4H3. The molecule has 2 N–H and O–H groups in total. The molecule has 0 saturated heterocycles. The van der Waals surface area contributed by atoms with Crippen molar-refractivity contribution in [3.63, 3.8) is 0 Å². The normalized spacial score (nSPS) is 30.1. The fourth-order valence-electron chi connectivity index (χ4n) is 3.03. The van der Waals surface area contributed by atoms with Crippen LogP contribution in [-0.2, 0) is 23.9 Å². The maximum atomic E-state index is 13.5. The van der Waals surface area contributed by atoms with E-state index in [1.165, 1.54) is 30.2 Å². The zero-order chi connectivity index (χ0) is 20.9. The van der Waals surface area contributed by atoms with Gasteiger partial charge in [0.25, 0.3) is 5.91 Å². The summed E-state index contributed by atoms with van der Waals surface area (Å²) < 4.78 is 48.3. The van der Waals surface area contributed by atoms with Crippen LogP contribution in [-0.4, -0.2) is 67.5 Å². The number of sulfonamides is 1. The molecule has 3 atom stereocenters. The van der Waals surface area contributed by atoms with E-state index in [9.17, 15) is 22.9 Å². The van der Waals surface area contributed by atoms with Gasteiger partial charge in [0.1, 0.15) is 17.0 Å². The lowest BCUT2D eigenvalue weighted by Gasteiger charge is -2.28. The lowest BCUT2D eigenvalue weighted by Crippen LogP contribution is -2.32. The van der Waals surface area contributed by atoms with Crippen molar-refractivity contribution in [3.8, 4) is 0 Å². The minimum absolute atomic E-state index is 0.0828. The number of aliphatic hydroxyl groups excluding tert-OH is 1. The number of allylic oxidation sites excluding steroid dienone is 3. The van der Waals surface area contributed by atoms with Crippen molar-refractivity contribution in [3.05, 3.63) is 35.3 Å². The summed E-state index contributed by atoms with van der Waals surface area (Å²) in [5, 5.41) is 10.3. The van der Waals surface area contributed by atoms with E-state index in [0.29, 0.717) is 5.71 Å². The van der Waals surface area contributed by atoms with Crippen LogP contribution in [0.4, 0.5) is 0 Å². The smallest absolute Gasteiger partial charge is 0.329 e. The lowest BCUT2D eigenvalue weighted by molar-refractivity contribution is -0.125. The third-order valence-corrected chi connectivity index (χ3v) is 7.32. The van der Waals surface area contributed by atoms with Gasteiger partial charge >= 0.3 is 7.52 Å². The molecule has 0 spiro atoms. The fraction of sp³-hybridized carbons (Fsp3) is 0.438. The molecule has 0 aromatic carbocycles. The molecule has 10 nitrogen and oxygen atoms in total. The highest BCUT2D eigenvalue weighted by Gasteiger charge is 2.45. The van der Waals surface area contributed by atoms with Gasteiger partial charge in [0.05, 0.1) is 24.6 Å². The predicted octanol–water partition coefficient (Wildman–Crippen LogP) is 1.11. The minimum atomic E-state index is -3.77. The van der Waals surface area contributed by atoms with Gasteiger partial charge in [-0.05, 0) is 32.1 Å². The van der Waals surface area contributed by atoms with Crippen LogP contribution in [0.2, 0.25) is 0 Å². The second-order valence-electron chi connectivity index (χ2n) is 6.57. The summed E-state index contributed by atoms with van der Waals surface area (Å²) in [6.45, 7) is 3.37. The van der Waals surface area contributed by atoms with E-state index in [-0.39, 0.29) is 29.5 Å². The Kier molecular flexibility index (Phi) is 5.11. The minimum Gasteiger partial charge on any atom is -0.509 e. The van der Waals surface area contributed by atoms with Gasteiger partial charge in [-0.2, -0.15) is 4.76 Å². The number of hydrogen-bond donors (Lipinski definition) is 2. The quantitative estimate of drug-likeness (QED) is 0.629. The number of carbonyl (C=O) groups is 1. The third-order valence-electron chi connectivity index (χ3n) is 4.50. The first-order valence-corrected chi connectivity index (χ1v) is 12.0. The lowest BCUT2D eigenvalue weighted by atomic mass is 10.1. The monoisotopic (exact) mass is 428 g/mol. The Morgan fingerprint density at radius 2 is 2.07 bits per heavy atom. The molecule has 0 bridgehead atoms. The van der Waals surface area contributed by atoms with Crippen LogP contribution in [0.25, 0.3) is 0 Å². The summed E-state index contributed by atoms with van der Waals surface area (Å²) in [5.41, 5.74) is -0.494. The maximum Gasteiger partial charge on any atom is 0.329 e. The molecule has 1 aliphatic carbocycles. The molecule has 0 fully saturated rings. The molecule has 12 heteroatoms. The molecule has 152 valence electrons. The molecule has 3 aliphatic rings. The zero-order valence-corrected chi connectivity index (χ0v) is 17.5. The second kappa shape index (κ2) is 6.98. The van der Waals surface area contributed by atoms with Gasteiger partial charge in [0.2, 0.25) is 10.0 Å². The number of amidine groups is 1. The number of hydrogen-bond acceptors (Lipinski definition) is 7. The second-order valence-corrected chi connectivity index (χ2v) is 10.5. The average Bonchev–Trinajstić information content (AvgIpc) is 2.77. The molecule has 28 heavy (non-hydrogen) atoms. The van der Waals surface area contributed by atoms with E-state index in [4.69, 9.17) is 4.52 Å². The first kappa shape index (κ1) is 20.5. The predicted molar refractivity (Wildman–Crippen MR) is 105 cm³/mol. The van der Waals surface area contributed by atoms with Crippen LogP contribution >= 0.6 is 7.52 Å². The number of aliphatic hydroxyl groups is 1. The van der Waals surface area contributed by atoms with E-state index < -0.39 is 35.2 Å². The number of aliphatic imine (C=N–C) groups is 1. The summed E-state index contributed by atoms with van der Waals surface area (Å²) in [4.78, 5) is 18.1. The molecular formula is C16H21N4O6PS. The summed E-state index contributed by atoms with van der Waals surface area (Å²) in [5.74, 6) is -0.837. The molecule has 2 aliphatic heterocycles. The molecule has 3 rings (SSSR count). The molecule has 0 radical (unpaired) electrons. The number of amides is 1. The van der Waals surface area contributed by atoms with Gasteiger partial charge in [-0.3, -0.25) is 14.1 Å². The maximum absolute atomic E-state index is 13.5. The Balaban J connectivity index is 2.08. The Labute approximate surface area is 162 Å². The topological polar surface area (TPSA) is 138 Å². The number of nitrogens with one attached hydrogen (secondary N) is 1. The van der Waals surface area contributed by atoms with Gasteiger partial charge in [-0.15, -0.1) is 0 Å². The largest absolute Gasteiger partial charge is 0.509 e. The molecule has 0 aromatic heterocycles. The van der Waals surface area contributed by atoms with Crippen LogP contribution < -0.4 is 4.72 Å². The molecule has 3 unspecified atom stereocenters. The molecule has 0 aromatic rings.